The van der Waals surface area contributed by atoms with E-state index >= 15 is 0 Å². The van der Waals surface area contributed by atoms with Crippen LogP contribution < -0.4 is 0 Å². The zero-order valence-corrected chi connectivity index (χ0v) is 15.5. The molecular weight excluding hydrogens is 344 g/mol. The van der Waals surface area contributed by atoms with Crippen LogP contribution in [0.5, 0.6) is 0 Å². The molecule has 1 N–H and O–H groups in total. The third kappa shape index (κ3) is 4.71. The second-order valence-corrected chi connectivity index (χ2v) is 6.78. The van der Waals surface area contributed by atoms with E-state index in [0.29, 0.717) is 50.6 Å². The fourth-order valence-corrected chi connectivity index (χ4v) is 3.85. The van der Waals surface area contributed by atoms with Crippen LogP contribution in [-0.2, 0) is 25.5 Å². The van der Waals surface area contributed by atoms with Gasteiger partial charge in [-0.3, -0.25) is 13.7 Å². The highest BCUT2D eigenvalue weighted by Crippen LogP contribution is 2.32. The molecule has 0 radical (unpaired) electrons. The fourth-order valence-electron chi connectivity index (χ4n) is 3.07. The zero-order chi connectivity index (χ0) is 18.4. The van der Waals surface area contributed by atoms with Gasteiger partial charge in [-0.15, -0.1) is 0 Å². The number of allylic oxidation sites excluding steroid dienone is 3. The van der Waals surface area contributed by atoms with E-state index in [1.807, 2.05) is 6.92 Å². The maximum Gasteiger partial charge on any atom is 0.262 e. The normalized spacial score (nSPS) is 28.8. The Labute approximate surface area is 151 Å². The van der Waals surface area contributed by atoms with Gasteiger partial charge in [0.2, 0.25) is 5.91 Å². The summed E-state index contributed by atoms with van der Waals surface area (Å²) in [5.41, 5.74) is 0.545. The first-order chi connectivity index (χ1) is 12.0. The third-order valence-corrected chi connectivity index (χ3v) is 5.26. The van der Waals surface area contributed by atoms with Crippen molar-refractivity contribution < 1.29 is 23.0 Å². The van der Waals surface area contributed by atoms with Crippen molar-refractivity contribution in [3.8, 4) is 0 Å². The molecule has 1 amide bonds. The molecule has 2 heterocycles. The van der Waals surface area contributed by atoms with Gasteiger partial charge in [0.25, 0.3) is 11.3 Å². The number of carbonyl (C=O) groups is 1. The van der Waals surface area contributed by atoms with Gasteiger partial charge in [0.1, 0.15) is 11.9 Å². The first-order valence-corrected chi connectivity index (χ1v) is 9.47. The lowest BCUT2D eigenvalue weighted by Crippen LogP contribution is -2.48. The molecule has 2 saturated heterocycles. The Balaban J connectivity index is 2.08. The summed E-state index contributed by atoms with van der Waals surface area (Å²) >= 11 is -2.18. The molecule has 0 aliphatic carbocycles. The van der Waals surface area contributed by atoms with Crippen molar-refractivity contribution in [3.63, 3.8) is 0 Å². The molecule has 0 aromatic heterocycles. The molecule has 140 valence electrons. The van der Waals surface area contributed by atoms with Crippen LogP contribution in [0.4, 0.5) is 0 Å². The van der Waals surface area contributed by atoms with Gasteiger partial charge in [-0.05, 0) is 26.3 Å². The molecule has 2 aliphatic heterocycles. The number of carbonyl (C=O) groups excluding carboxylic acids is 1. The molecule has 2 fully saturated rings. The van der Waals surface area contributed by atoms with Crippen LogP contribution in [0.3, 0.4) is 0 Å². The molecule has 2 aliphatic rings. The average Bonchev–Trinajstić information content (AvgIpc) is 2.61. The molecule has 3 atom stereocenters. The predicted octanol–water partition coefficient (Wildman–Crippen LogP) is 1.83. The third-order valence-electron chi connectivity index (χ3n) is 4.39. The van der Waals surface area contributed by atoms with Crippen molar-refractivity contribution in [2.75, 3.05) is 26.3 Å². The summed E-state index contributed by atoms with van der Waals surface area (Å²) in [7, 11) is 0. The Morgan fingerprint density at radius 2 is 2.12 bits per heavy atom. The van der Waals surface area contributed by atoms with Gasteiger partial charge >= 0.3 is 0 Å². The van der Waals surface area contributed by atoms with Gasteiger partial charge < -0.3 is 14.4 Å². The van der Waals surface area contributed by atoms with Gasteiger partial charge in [-0.1, -0.05) is 18.7 Å². The number of rotatable bonds is 5. The zero-order valence-electron chi connectivity index (χ0n) is 14.7. The van der Waals surface area contributed by atoms with Crippen molar-refractivity contribution in [1.82, 2.24) is 9.21 Å². The minimum absolute atomic E-state index is 0.0573. The van der Waals surface area contributed by atoms with Crippen LogP contribution in [-0.4, -0.2) is 62.3 Å². The molecule has 2 rings (SSSR count). The molecule has 7 nitrogen and oxygen atoms in total. The van der Waals surface area contributed by atoms with Gasteiger partial charge in [0.15, 0.2) is 0 Å². The lowest BCUT2D eigenvalue weighted by atomic mass is 10.0. The first-order valence-electron chi connectivity index (χ1n) is 8.41. The van der Waals surface area contributed by atoms with Crippen LogP contribution >= 0.6 is 0 Å². The summed E-state index contributed by atoms with van der Waals surface area (Å²) in [6, 6.07) is -0.337. The average molecular weight is 370 g/mol. The van der Waals surface area contributed by atoms with Crippen molar-refractivity contribution in [2.24, 2.45) is 0 Å². The molecule has 2 unspecified atom stereocenters. The van der Waals surface area contributed by atoms with Gasteiger partial charge in [-0.2, -0.15) is 0 Å². The number of hydrogen-bond donors (Lipinski definition) is 1. The summed E-state index contributed by atoms with van der Waals surface area (Å²) < 4.78 is 34.2. The number of amides is 1. The van der Waals surface area contributed by atoms with E-state index in [9.17, 15) is 13.6 Å². The SMILES string of the molecule is C=C/C=C1/OC(CCC(=O)N2CCOCC2)[C@@H](C)N(S(=O)O)/C1=C/C. The van der Waals surface area contributed by atoms with E-state index in [2.05, 4.69) is 6.58 Å². The van der Waals surface area contributed by atoms with E-state index in [4.69, 9.17) is 9.47 Å². The van der Waals surface area contributed by atoms with Crippen LogP contribution in [0.2, 0.25) is 0 Å². The van der Waals surface area contributed by atoms with E-state index < -0.39 is 11.3 Å². The monoisotopic (exact) mass is 370 g/mol. The minimum Gasteiger partial charge on any atom is -0.486 e. The molecule has 25 heavy (non-hydrogen) atoms. The summed E-state index contributed by atoms with van der Waals surface area (Å²) in [6.07, 6.45) is 5.40. The molecule has 0 aromatic rings. The number of hydrogen-bond acceptors (Lipinski definition) is 4. The number of ether oxygens (including phenoxy) is 2. The maximum atomic E-state index is 12.3. The quantitative estimate of drug-likeness (QED) is 0.747. The molecule has 0 aromatic carbocycles. The van der Waals surface area contributed by atoms with Crippen LogP contribution in [0.15, 0.2) is 36.3 Å². The van der Waals surface area contributed by atoms with Crippen LogP contribution in [0.25, 0.3) is 0 Å². The van der Waals surface area contributed by atoms with E-state index in [1.165, 1.54) is 4.31 Å². The highest BCUT2D eigenvalue weighted by Gasteiger charge is 2.37. The highest BCUT2D eigenvalue weighted by molar-refractivity contribution is 7.76. The van der Waals surface area contributed by atoms with E-state index in [0.717, 1.165) is 0 Å². The Morgan fingerprint density at radius 3 is 2.68 bits per heavy atom. The summed E-state index contributed by atoms with van der Waals surface area (Å²) in [5, 5.41) is 0. The first kappa shape index (κ1) is 19.7. The highest BCUT2D eigenvalue weighted by atomic mass is 32.2. The van der Waals surface area contributed by atoms with E-state index in [1.54, 1.807) is 30.1 Å². The fraction of sp³-hybridized carbons (Fsp3) is 0.588. The molecule has 8 heteroatoms. The van der Waals surface area contributed by atoms with Gasteiger partial charge in [0, 0.05) is 19.5 Å². The largest absolute Gasteiger partial charge is 0.486 e. The summed E-state index contributed by atoms with van der Waals surface area (Å²) in [4.78, 5) is 14.1. The predicted molar refractivity (Wildman–Crippen MR) is 95.6 cm³/mol. The summed E-state index contributed by atoms with van der Waals surface area (Å²) in [5.74, 6) is 0.545. The molecule has 0 bridgehead atoms. The second kappa shape index (κ2) is 9.17. The van der Waals surface area contributed by atoms with Gasteiger partial charge in [0.05, 0.1) is 25.0 Å². The standard InChI is InChI=1S/C17H26N2O5S/c1-4-6-16-14(5-2)19(25(21)22)13(3)15(24-16)7-8-17(20)18-9-11-23-12-10-18/h4-6,13,15H,1,7-12H2,2-3H3,(H,21,22)/b14-5+,16-6+/t13-,15?/m1/s1. The van der Waals surface area contributed by atoms with Crippen LogP contribution in [0.1, 0.15) is 26.7 Å². The molecule has 0 saturated carbocycles. The van der Waals surface area contributed by atoms with E-state index in [-0.39, 0.29) is 18.1 Å². The molecule has 0 spiro atoms. The number of morpholine rings is 2. The van der Waals surface area contributed by atoms with Crippen molar-refractivity contribution in [3.05, 3.63) is 36.3 Å². The smallest absolute Gasteiger partial charge is 0.262 e. The topological polar surface area (TPSA) is 79.3 Å². The van der Waals surface area contributed by atoms with Crippen molar-refractivity contribution in [1.29, 1.82) is 0 Å². The van der Waals surface area contributed by atoms with Crippen molar-refractivity contribution >= 4 is 17.2 Å². The number of nitrogens with zero attached hydrogens (tertiary/aromatic N) is 2. The Hall–Kier alpha value is -1.64. The van der Waals surface area contributed by atoms with Crippen LogP contribution in [0, 0.1) is 0 Å². The van der Waals surface area contributed by atoms with Gasteiger partial charge in [-0.25, -0.2) is 4.21 Å². The lowest BCUT2D eigenvalue weighted by Gasteiger charge is -2.41. The second-order valence-electron chi connectivity index (χ2n) is 5.93. The lowest BCUT2D eigenvalue weighted by molar-refractivity contribution is -0.136. The summed E-state index contributed by atoms with van der Waals surface area (Å²) in [6.45, 7) is 9.62. The maximum absolute atomic E-state index is 12.3. The molecular formula is C17H26N2O5S. The minimum atomic E-state index is -2.18. The Kier molecular flexibility index (Phi) is 7.22. The Morgan fingerprint density at radius 1 is 1.44 bits per heavy atom. The Bertz CT molecular complexity index is 584. The van der Waals surface area contributed by atoms with Crippen molar-refractivity contribution in [2.45, 2.75) is 38.8 Å².